The van der Waals surface area contributed by atoms with Crippen LogP contribution in [0.1, 0.15) is 18.5 Å². The molecule has 0 aliphatic heterocycles. The van der Waals surface area contributed by atoms with Crippen molar-refractivity contribution in [1.82, 2.24) is 19.7 Å². The van der Waals surface area contributed by atoms with Gasteiger partial charge in [0.1, 0.15) is 24.1 Å². The summed E-state index contributed by atoms with van der Waals surface area (Å²) in [5.41, 5.74) is 4.34. The van der Waals surface area contributed by atoms with Crippen LogP contribution in [-0.2, 0) is 6.54 Å². The quantitative estimate of drug-likeness (QED) is 0.464. The number of fused-ring (bicyclic) bond motifs is 1. The summed E-state index contributed by atoms with van der Waals surface area (Å²) in [6.07, 6.45) is 3.02. The van der Waals surface area contributed by atoms with Crippen LogP contribution in [0.5, 0.6) is 0 Å². The Balaban J connectivity index is 1.51. The predicted molar refractivity (Wildman–Crippen MR) is 113 cm³/mol. The number of nitrogens with zero attached hydrogens (tertiary/aromatic N) is 5. The maximum atomic E-state index is 13.5. The first-order chi connectivity index (χ1) is 15.1. The van der Waals surface area contributed by atoms with E-state index in [0.29, 0.717) is 17.9 Å². The van der Waals surface area contributed by atoms with Gasteiger partial charge in [-0.3, -0.25) is 9.67 Å². The topological polar surface area (TPSA) is 67.4 Å². The summed E-state index contributed by atoms with van der Waals surface area (Å²) in [6.45, 7) is 0.472. The van der Waals surface area contributed by atoms with Gasteiger partial charge in [-0.2, -0.15) is 10.4 Å². The van der Waals surface area contributed by atoms with Gasteiger partial charge in [0.15, 0.2) is 0 Å². The number of hydrogen-bond donors (Lipinski definition) is 0. The van der Waals surface area contributed by atoms with E-state index >= 15 is 0 Å². The van der Waals surface area contributed by atoms with E-state index in [1.165, 1.54) is 0 Å². The van der Waals surface area contributed by atoms with Crippen LogP contribution in [0, 0.1) is 17.2 Å². The number of hydrogen-bond acceptors (Lipinski definition) is 4. The molecule has 3 heterocycles. The third kappa shape index (κ3) is 3.77. The average Bonchev–Trinajstić information content (AvgIpc) is 3.38. The molecule has 0 N–H and O–H groups in total. The van der Waals surface area contributed by atoms with Gasteiger partial charge in [0.05, 0.1) is 17.4 Å². The van der Waals surface area contributed by atoms with Crippen LogP contribution < -0.4 is 0 Å². The normalized spacial score (nSPS) is 19.0. The van der Waals surface area contributed by atoms with E-state index in [4.69, 9.17) is 0 Å². The fourth-order valence-electron chi connectivity index (χ4n) is 4.23. The molecule has 0 bridgehead atoms. The fourth-order valence-corrected chi connectivity index (χ4v) is 4.23. The van der Waals surface area contributed by atoms with Gasteiger partial charge in [-0.1, -0.05) is 18.2 Å². The van der Waals surface area contributed by atoms with E-state index in [0.717, 1.165) is 27.6 Å². The molecule has 3 aromatic heterocycles. The Morgan fingerprint density at radius 1 is 1.06 bits per heavy atom. The van der Waals surface area contributed by atoms with Crippen LogP contribution in [0.15, 0.2) is 61.1 Å². The first kappa shape index (κ1) is 19.3. The first-order valence-electron chi connectivity index (χ1n) is 10.2. The molecule has 0 amide bonds. The third-order valence-corrected chi connectivity index (χ3v) is 5.79. The maximum absolute atomic E-state index is 13.5. The molecule has 0 unspecified atom stereocenters. The predicted octanol–water partition coefficient (Wildman–Crippen LogP) is 5.12. The van der Waals surface area contributed by atoms with Gasteiger partial charge >= 0.3 is 0 Å². The molecule has 1 saturated carbocycles. The summed E-state index contributed by atoms with van der Waals surface area (Å²) in [6, 6.07) is 15.4. The highest BCUT2D eigenvalue weighted by Gasteiger charge is 2.34. The van der Waals surface area contributed by atoms with Crippen molar-refractivity contribution >= 4 is 10.9 Å². The minimum atomic E-state index is -1.38. The number of alkyl halides is 2. The zero-order valence-electron chi connectivity index (χ0n) is 16.6. The number of aromatic nitrogens is 4. The van der Waals surface area contributed by atoms with E-state index in [1.807, 2.05) is 42.6 Å². The number of halogens is 2. The lowest BCUT2D eigenvalue weighted by atomic mass is 10.00. The molecule has 2 atom stereocenters. The molecule has 31 heavy (non-hydrogen) atoms. The molecule has 0 radical (unpaired) electrons. The van der Waals surface area contributed by atoms with E-state index in [1.54, 1.807) is 23.1 Å². The summed E-state index contributed by atoms with van der Waals surface area (Å²) in [4.78, 5) is 8.97. The molecule has 1 fully saturated rings. The van der Waals surface area contributed by atoms with Crippen LogP contribution in [0.25, 0.3) is 33.3 Å². The van der Waals surface area contributed by atoms with Crippen molar-refractivity contribution in [2.75, 3.05) is 0 Å². The van der Waals surface area contributed by atoms with Crippen molar-refractivity contribution in [1.29, 1.82) is 5.26 Å². The van der Waals surface area contributed by atoms with Crippen molar-refractivity contribution in [3.05, 3.63) is 66.7 Å². The second-order valence-electron chi connectivity index (χ2n) is 7.94. The van der Waals surface area contributed by atoms with Gasteiger partial charge in [-0.15, -0.1) is 0 Å². The van der Waals surface area contributed by atoms with Crippen molar-refractivity contribution in [3.8, 4) is 28.5 Å². The number of pyridine rings is 2. The minimum Gasteiger partial charge on any atom is -0.272 e. The second kappa shape index (κ2) is 7.88. The smallest absolute Gasteiger partial charge is 0.141 e. The van der Waals surface area contributed by atoms with Crippen LogP contribution in [-0.4, -0.2) is 32.1 Å². The van der Waals surface area contributed by atoms with Crippen molar-refractivity contribution < 1.29 is 8.78 Å². The second-order valence-corrected chi connectivity index (χ2v) is 7.94. The SMILES string of the molecule is N#Cc1ccc(-c2cnn(CC3C[C@@H](F)[C@H](F)C3)c2)c(-c2ccc3cccnc3c2)n1. The lowest BCUT2D eigenvalue weighted by molar-refractivity contribution is 0.199. The summed E-state index contributed by atoms with van der Waals surface area (Å²) in [7, 11) is 0. The highest BCUT2D eigenvalue weighted by atomic mass is 19.2. The van der Waals surface area contributed by atoms with Crippen LogP contribution in [0.2, 0.25) is 0 Å². The van der Waals surface area contributed by atoms with Gasteiger partial charge in [0.25, 0.3) is 0 Å². The van der Waals surface area contributed by atoms with Crippen molar-refractivity contribution in [2.45, 2.75) is 31.7 Å². The zero-order chi connectivity index (χ0) is 21.4. The maximum Gasteiger partial charge on any atom is 0.141 e. The highest BCUT2D eigenvalue weighted by Crippen LogP contribution is 2.34. The summed E-state index contributed by atoms with van der Waals surface area (Å²) in [5.74, 6) is -0.0668. The van der Waals surface area contributed by atoms with E-state index < -0.39 is 12.3 Å². The van der Waals surface area contributed by atoms with Gasteiger partial charge in [0.2, 0.25) is 0 Å². The largest absolute Gasteiger partial charge is 0.272 e. The number of benzene rings is 1. The molecule has 0 saturated heterocycles. The Kier molecular flexibility index (Phi) is 4.91. The molecule has 1 aliphatic carbocycles. The summed E-state index contributed by atoms with van der Waals surface area (Å²) >= 11 is 0. The molecular weight excluding hydrogens is 396 g/mol. The Morgan fingerprint density at radius 2 is 1.90 bits per heavy atom. The number of rotatable bonds is 4. The Labute approximate surface area is 178 Å². The standard InChI is InChI=1S/C24H19F2N5/c25-21-8-15(9-22(21)26)13-31-14-18(12-29-31)20-6-5-19(11-27)30-24(20)17-4-3-16-2-1-7-28-23(16)10-17/h1-7,10,12,14-15,21-22H,8-9,13H2/t21-,22-/m1/s1. The lowest BCUT2D eigenvalue weighted by Gasteiger charge is -2.10. The van der Waals surface area contributed by atoms with E-state index in [2.05, 4.69) is 21.1 Å². The molecule has 4 aromatic rings. The fraction of sp³-hybridized carbons (Fsp3) is 0.250. The monoisotopic (exact) mass is 415 g/mol. The van der Waals surface area contributed by atoms with E-state index in [-0.39, 0.29) is 18.8 Å². The molecular formula is C24H19F2N5. The highest BCUT2D eigenvalue weighted by molar-refractivity contribution is 5.87. The Bertz CT molecular complexity index is 1280. The van der Waals surface area contributed by atoms with Crippen LogP contribution in [0.3, 0.4) is 0 Å². The average molecular weight is 415 g/mol. The van der Waals surface area contributed by atoms with Gasteiger partial charge in [0, 0.05) is 41.0 Å². The van der Waals surface area contributed by atoms with Crippen molar-refractivity contribution in [3.63, 3.8) is 0 Å². The minimum absolute atomic E-state index is 0.0668. The van der Waals surface area contributed by atoms with Crippen LogP contribution >= 0.6 is 0 Å². The summed E-state index contributed by atoms with van der Waals surface area (Å²) < 4.78 is 28.8. The molecule has 154 valence electrons. The van der Waals surface area contributed by atoms with Gasteiger partial charge in [-0.25, -0.2) is 13.8 Å². The molecule has 5 rings (SSSR count). The zero-order valence-corrected chi connectivity index (χ0v) is 16.6. The van der Waals surface area contributed by atoms with E-state index in [9.17, 15) is 14.0 Å². The molecule has 1 aromatic carbocycles. The first-order valence-corrected chi connectivity index (χ1v) is 10.2. The molecule has 5 nitrogen and oxygen atoms in total. The Morgan fingerprint density at radius 3 is 2.71 bits per heavy atom. The third-order valence-electron chi connectivity index (χ3n) is 5.79. The molecule has 1 aliphatic rings. The molecule has 0 spiro atoms. The van der Waals surface area contributed by atoms with Crippen molar-refractivity contribution in [2.24, 2.45) is 5.92 Å². The molecule has 7 heteroatoms. The van der Waals surface area contributed by atoms with Gasteiger partial charge < -0.3 is 0 Å². The lowest BCUT2D eigenvalue weighted by Crippen LogP contribution is -2.08. The Hall–Kier alpha value is -3.66. The summed E-state index contributed by atoms with van der Waals surface area (Å²) in [5, 5.41) is 14.8. The van der Waals surface area contributed by atoms with Gasteiger partial charge in [-0.05, 0) is 43.0 Å². The number of nitriles is 1. The van der Waals surface area contributed by atoms with Crippen LogP contribution in [0.4, 0.5) is 8.78 Å².